The molecule has 2 heterocycles. The molecule has 2 atom stereocenters. The molecule has 3 aliphatic rings. The number of rotatable bonds is 6. The van der Waals surface area contributed by atoms with Crippen molar-refractivity contribution < 1.29 is 4.79 Å². The first-order valence-corrected chi connectivity index (χ1v) is 10.1. The number of piperidine rings is 1. The van der Waals surface area contributed by atoms with Crippen molar-refractivity contribution in [1.82, 2.24) is 20.0 Å². The van der Waals surface area contributed by atoms with Crippen LogP contribution in [0, 0.1) is 5.92 Å². The quantitative estimate of drug-likeness (QED) is 0.796. The number of nitrogens with one attached hydrogen (secondary N) is 1. The Hall–Kier alpha value is -0.650. The Morgan fingerprint density at radius 3 is 2.50 bits per heavy atom. The fraction of sp³-hybridized carbons (Fsp3) is 0.947. The molecule has 1 N–H and O–H groups in total. The van der Waals surface area contributed by atoms with Crippen LogP contribution in [0.5, 0.6) is 0 Å². The molecule has 5 nitrogen and oxygen atoms in total. The van der Waals surface area contributed by atoms with Gasteiger partial charge < -0.3 is 20.0 Å². The highest BCUT2D eigenvalue weighted by Crippen LogP contribution is 2.30. The number of likely N-dealkylation sites (tertiary alicyclic amines) is 1. The van der Waals surface area contributed by atoms with E-state index in [0.29, 0.717) is 18.4 Å². The minimum atomic E-state index is 0.322. The average molecular weight is 337 g/mol. The van der Waals surface area contributed by atoms with E-state index >= 15 is 0 Å². The van der Waals surface area contributed by atoms with Gasteiger partial charge in [0.1, 0.15) is 0 Å². The van der Waals surface area contributed by atoms with Crippen molar-refractivity contribution in [1.29, 1.82) is 0 Å². The molecule has 0 spiro atoms. The first-order valence-electron chi connectivity index (χ1n) is 10.1. The van der Waals surface area contributed by atoms with Crippen LogP contribution in [0.25, 0.3) is 0 Å². The van der Waals surface area contributed by atoms with E-state index in [0.717, 1.165) is 44.7 Å². The van der Waals surface area contributed by atoms with Gasteiger partial charge in [-0.15, -0.1) is 0 Å². The lowest BCUT2D eigenvalue weighted by Crippen LogP contribution is -2.50. The number of hydrogen-bond donors (Lipinski definition) is 1. The van der Waals surface area contributed by atoms with Gasteiger partial charge in [0.15, 0.2) is 0 Å². The molecule has 138 valence electrons. The Balaban J connectivity index is 1.34. The number of likely N-dealkylation sites (N-methyl/N-ethyl adjacent to an activating group) is 1. The van der Waals surface area contributed by atoms with E-state index in [1.165, 1.54) is 45.2 Å². The summed E-state index contributed by atoms with van der Waals surface area (Å²) in [4.78, 5) is 19.4. The topological polar surface area (TPSA) is 38.8 Å². The van der Waals surface area contributed by atoms with Gasteiger partial charge in [-0.2, -0.15) is 0 Å². The van der Waals surface area contributed by atoms with Crippen molar-refractivity contribution in [2.45, 2.75) is 57.5 Å². The van der Waals surface area contributed by atoms with Gasteiger partial charge in [-0.3, -0.25) is 4.79 Å². The second-order valence-corrected chi connectivity index (χ2v) is 8.16. The number of nitrogens with zero attached hydrogens (tertiary/aromatic N) is 3. The molecule has 3 rings (SSSR count). The van der Waals surface area contributed by atoms with E-state index in [-0.39, 0.29) is 0 Å². The van der Waals surface area contributed by atoms with Crippen LogP contribution in [-0.2, 0) is 4.79 Å². The van der Waals surface area contributed by atoms with Gasteiger partial charge in [0, 0.05) is 57.8 Å². The maximum Gasteiger partial charge on any atom is 0.223 e. The van der Waals surface area contributed by atoms with E-state index in [4.69, 9.17) is 0 Å². The van der Waals surface area contributed by atoms with Crippen LogP contribution in [0.15, 0.2) is 0 Å². The van der Waals surface area contributed by atoms with Gasteiger partial charge in [-0.25, -0.2) is 0 Å². The second kappa shape index (κ2) is 8.63. The number of amides is 1. The van der Waals surface area contributed by atoms with Gasteiger partial charge >= 0.3 is 0 Å². The fourth-order valence-corrected chi connectivity index (χ4v) is 4.32. The van der Waals surface area contributed by atoms with Crippen LogP contribution in [0.2, 0.25) is 0 Å². The first-order chi connectivity index (χ1) is 11.6. The summed E-state index contributed by atoms with van der Waals surface area (Å²) in [5, 5.41) is 3.64. The van der Waals surface area contributed by atoms with Crippen LogP contribution in [-0.4, -0.2) is 85.6 Å². The standard InChI is InChI=1S/C19H36N4O/c1-16(17-5-4-10-23(15-17)18-6-3-7-18)20-9-8-19(24)22-13-11-21(2)12-14-22/h16-18,20H,3-15H2,1-2H3/t16-,17+/m1/s1. The Labute approximate surface area is 147 Å². The molecular formula is C19H36N4O. The molecule has 0 unspecified atom stereocenters. The summed E-state index contributed by atoms with van der Waals surface area (Å²) in [5.74, 6) is 1.07. The van der Waals surface area contributed by atoms with Gasteiger partial charge in [0.2, 0.25) is 5.91 Å². The first kappa shape index (κ1) is 18.2. The number of carbonyl (C=O) groups excluding carboxylic acids is 1. The maximum absolute atomic E-state index is 12.3. The smallest absolute Gasteiger partial charge is 0.223 e. The molecule has 0 aromatic rings. The van der Waals surface area contributed by atoms with Crippen LogP contribution in [0.4, 0.5) is 0 Å². The summed E-state index contributed by atoms with van der Waals surface area (Å²) in [6, 6.07) is 1.40. The van der Waals surface area contributed by atoms with Gasteiger partial charge in [0.25, 0.3) is 0 Å². The molecule has 3 fully saturated rings. The zero-order chi connectivity index (χ0) is 16.9. The molecule has 2 saturated heterocycles. The normalized spacial score (nSPS) is 28.6. The third kappa shape index (κ3) is 4.70. The Bertz CT molecular complexity index is 404. The van der Waals surface area contributed by atoms with Crippen molar-refractivity contribution in [3.8, 4) is 0 Å². The van der Waals surface area contributed by atoms with E-state index in [1.54, 1.807) is 0 Å². The van der Waals surface area contributed by atoms with Crippen molar-refractivity contribution in [2.75, 3.05) is 52.9 Å². The molecule has 0 bridgehead atoms. The highest BCUT2D eigenvalue weighted by atomic mass is 16.2. The predicted molar refractivity (Wildman–Crippen MR) is 98.1 cm³/mol. The predicted octanol–water partition coefficient (Wildman–Crippen LogP) is 1.39. The zero-order valence-corrected chi connectivity index (χ0v) is 15.7. The van der Waals surface area contributed by atoms with Crippen molar-refractivity contribution in [2.24, 2.45) is 5.92 Å². The Kier molecular flexibility index (Phi) is 6.53. The summed E-state index contributed by atoms with van der Waals surface area (Å²) in [6.45, 7) is 9.50. The summed E-state index contributed by atoms with van der Waals surface area (Å²) >= 11 is 0. The zero-order valence-electron chi connectivity index (χ0n) is 15.7. The molecule has 0 radical (unpaired) electrons. The lowest BCUT2D eigenvalue weighted by Gasteiger charge is -2.44. The summed E-state index contributed by atoms with van der Waals surface area (Å²) in [7, 11) is 2.13. The molecule has 5 heteroatoms. The SMILES string of the molecule is C[C@@H](NCCC(=O)N1CCN(C)CC1)[C@H]1CCCN(C2CCC2)C1. The minimum absolute atomic E-state index is 0.322. The largest absolute Gasteiger partial charge is 0.340 e. The van der Waals surface area contributed by atoms with Crippen molar-refractivity contribution >= 4 is 5.91 Å². The highest BCUT2D eigenvalue weighted by Gasteiger charge is 2.31. The third-order valence-electron chi connectivity index (χ3n) is 6.45. The van der Waals surface area contributed by atoms with Crippen LogP contribution in [0.3, 0.4) is 0 Å². The minimum Gasteiger partial charge on any atom is -0.340 e. The summed E-state index contributed by atoms with van der Waals surface area (Å²) in [5.41, 5.74) is 0. The van der Waals surface area contributed by atoms with Gasteiger partial charge in [-0.05, 0) is 52.1 Å². The maximum atomic E-state index is 12.3. The Morgan fingerprint density at radius 1 is 1.08 bits per heavy atom. The van der Waals surface area contributed by atoms with E-state index in [9.17, 15) is 4.79 Å². The van der Waals surface area contributed by atoms with Gasteiger partial charge in [0.05, 0.1) is 0 Å². The molecule has 0 aromatic heterocycles. The highest BCUT2D eigenvalue weighted by molar-refractivity contribution is 5.76. The molecule has 24 heavy (non-hydrogen) atoms. The molecular weight excluding hydrogens is 300 g/mol. The molecule has 2 aliphatic heterocycles. The van der Waals surface area contributed by atoms with E-state index in [2.05, 4.69) is 29.1 Å². The third-order valence-corrected chi connectivity index (χ3v) is 6.45. The summed E-state index contributed by atoms with van der Waals surface area (Å²) in [6.07, 6.45) is 7.57. The van der Waals surface area contributed by atoms with Crippen LogP contribution >= 0.6 is 0 Å². The fourth-order valence-electron chi connectivity index (χ4n) is 4.32. The molecule has 1 saturated carbocycles. The van der Waals surface area contributed by atoms with Gasteiger partial charge in [-0.1, -0.05) is 6.42 Å². The van der Waals surface area contributed by atoms with Crippen molar-refractivity contribution in [3.63, 3.8) is 0 Å². The number of carbonyl (C=O) groups is 1. The Morgan fingerprint density at radius 2 is 1.83 bits per heavy atom. The molecule has 1 amide bonds. The lowest BCUT2D eigenvalue weighted by molar-refractivity contribution is -0.132. The van der Waals surface area contributed by atoms with Crippen LogP contribution < -0.4 is 5.32 Å². The summed E-state index contributed by atoms with van der Waals surface area (Å²) < 4.78 is 0. The molecule has 1 aliphatic carbocycles. The lowest BCUT2D eigenvalue weighted by atomic mass is 9.85. The number of hydrogen-bond acceptors (Lipinski definition) is 4. The molecule has 0 aromatic carbocycles. The van der Waals surface area contributed by atoms with E-state index in [1.807, 2.05) is 4.90 Å². The van der Waals surface area contributed by atoms with Crippen LogP contribution in [0.1, 0.15) is 45.4 Å². The second-order valence-electron chi connectivity index (χ2n) is 8.16. The average Bonchev–Trinajstić information content (AvgIpc) is 2.54. The monoisotopic (exact) mass is 336 g/mol. The van der Waals surface area contributed by atoms with Crippen molar-refractivity contribution in [3.05, 3.63) is 0 Å². The van der Waals surface area contributed by atoms with E-state index < -0.39 is 0 Å². The number of piperazine rings is 1.